The van der Waals surface area contributed by atoms with Gasteiger partial charge in [0.05, 0.1) is 0 Å². The summed E-state index contributed by atoms with van der Waals surface area (Å²) in [7, 11) is 0. The molecule has 1 amide bonds. The largest absolute Gasteiger partial charge is 0.385 e. The highest BCUT2D eigenvalue weighted by molar-refractivity contribution is 5.85. The number of nitrogens with two attached hydrogens (primary N) is 1. The van der Waals surface area contributed by atoms with Crippen molar-refractivity contribution in [2.75, 3.05) is 18.4 Å². The molecule has 0 radical (unpaired) electrons. The van der Waals surface area contributed by atoms with E-state index < -0.39 is 0 Å². The molecule has 1 aromatic carbocycles. The van der Waals surface area contributed by atoms with E-state index in [-0.39, 0.29) is 42.7 Å². The molecule has 4 nitrogen and oxygen atoms in total. The van der Waals surface area contributed by atoms with Crippen molar-refractivity contribution in [3.8, 4) is 0 Å². The predicted molar refractivity (Wildman–Crippen MR) is 89.9 cm³/mol. The molecular weight excluding hydrogens is 297 g/mol. The lowest BCUT2D eigenvalue weighted by Gasteiger charge is -2.15. The highest BCUT2D eigenvalue weighted by atomic mass is 35.5. The summed E-state index contributed by atoms with van der Waals surface area (Å²) in [5, 5.41) is 6.19. The average molecular weight is 322 g/mol. The normalized spacial score (nSPS) is 12.3. The Hall–Kier alpha value is -0.970. The Labute approximate surface area is 133 Å². The Balaban J connectivity index is 0. The van der Waals surface area contributed by atoms with Crippen LogP contribution in [0.1, 0.15) is 20.3 Å². The molecule has 2 unspecified atom stereocenters. The van der Waals surface area contributed by atoms with Crippen LogP contribution in [0.15, 0.2) is 30.3 Å². The molecule has 0 aliphatic heterocycles. The summed E-state index contributed by atoms with van der Waals surface area (Å²) in [5.41, 5.74) is 6.77. The summed E-state index contributed by atoms with van der Waals surface area (Å²) in [6.45, 7) is 5.22. The fourth-order valence-electron chi connectivity index (χ4n) is 1.49. The average Bonchev–Trinajstić information content (AvgIpc) is 2.38. The zero-order valence-electron chi connectivity index (χ0n) is 12.0. The summed E-state index contributed by atoms with van der Waals surface area (Å²) in [6, 6.07) is 9.92. The van der Waals surface area contributed by atoms with Crippen molar-refractivity contribution in [1.29, 1.82) is 0 Å². The molecule has 20 heavy (non-hydrogen) atoms. The van der Waals surface area contributed by atoms with Gasteiger partial charge >= 0.3 is 0 Å². The topological polar surface area (TPSA) is 67.2 Å². The van der Waals surface area contributed by atoms with Crippen LogP contribution in [0.2, 0.25) is 0 Å². The number of para-hydroxylation sites is 1. The molecule has 116 valence electrons. The van der Waals surface area contributed by atoms with E-state index in [1.807, 2.05) is 44.2 Å². The van der Waals surface area contributed by atoms with Crippen molar-refractivity contribution in [3.05, 3.63) is 30.3 Å². The number of anilines is 1. The van der Waals surface area contributed by atoms with E-state index in [4.69, 9.17) is 5.73 Å². The second-order valence-corrected chi connectivity index (χ2v) is 4.59. The molecule has 0 aliphatic rings. The maximum Gasteiger partial charge on any atom is 0.224 e. The van der Waals surface area contributed by atoms with Gasteiger partial charge in [-0.1, -0.05) is 25.1 Å². The first kappa shape index (κ1) is 21.3. The van der Waals surface area contributed by atoms with Gasteiger partial charge in [-0.3, -0.25) is 4.79 Å². The van der Waals surface area contributed by atoms with E-state index in [1.165, 1.54) is 0 Å². The van der Waals surface area contributed by atoms with Crippen molar-refractivity contribution in [2.24, 2.45) is 11.7 Å². The highest BCUT2D eigenvalue weighted by Gasteiger charge is 2.15. The summed E-state index contributed by atoms with van der Waals surface area (Å²) in [6.07, 6.45) is 0.895. The zero-order chi connectivity index (χ0) is 13.4. The number of carbonyl (C=O) groups is 1. The minimum absolute atomic E-state index is 0. The van der Waals surface area contributed by atoms with Crippen LogP contribution in [0.25, 0.3) is 0 Å². The number of rotatable bonds is 7. The summed E-state index contributed by atoms with van der Waals surface area (Å²) in [5.74, 6) is -0.100. The quantitative estimate of drug-likeness (QED) is 0.676. The number of carbonyl (C=O) groups excluding carboxylic acids is 1. The predicted octanol–water partition coefficient (Wildman–Crippen LogP) is 2.43. The minimum Gasteiger partial charge on any atom is -0.385 e. The third kappa shape index (κ3) is 8.25. The maximum atomic E-state index is 11.6. The van der Waals surface area contributed by atoms with Gasteiger partial charge in [0.2, 0.25) is 5.91 Å². The van der Waals surface area contributed by atoms with E-state index in [2.05, 4.69) is 10.6 Å². The molecule has 0 bridgehead atoms. The molecule has 0 fully saturated rings. The molecule has 1 aromatic rings. The molecular formula is C14H25Cl2N3O. The molecule has 0 spiro atoms. The van der Waals surface area contributed by atoms with Crippen molar-refractivity contribution >= 4 is 36.4 Å². The molecule has 1 rings (SSSR count). The van der Waals surface area contributed by atoms with E-state index in [1.54, 1.807) is 0 Å². The van der Waals surface area contributed by atoms with Crippen molar-refractivity contribution in [1.82, 2.24) is 5.32 Å². The molecule has 0 saturated carbocycles. The highest BCUT2D eigenvalue weighted by Crippen LogP contribution is 2.04. The molecule has 0 saturated heterocycles. The standard InChI is InChI=1S/C14H23N3O.2ClH/c1-11(12(2)15)14(18)17-10-6-9-16-13-7-4-3-5-8-13;;/h3-5,7-8,11-12,16H,6,9-10,15H2,1-2H3,(H,17,18);2*1H. The Morgan fingerprint density at radius 3 is 2.30 bits per heavy atom. The van der Waals surface area contributed by atoms with E-state index in [0.717, 1.165) is 18.7 Å². The van der Waals surface area contributed by atoms with Gasteiger partial charge < -0.3 is 16.4 Å². The Morgan fingerprint density at radius 1 is 1.15 bits per heavy atom. The second kappa shape index (κ2) is 11.8. The van der Waals surface area contributed by atoms with E-state index in [9.17, 15) is 4.79 Å². The lowest BCUT2D eigenvalue weighted by molar-refractivity contribution is -0.124. The van der Waals surface area contributed by atoms with Crippen LogP contribution in [0, 0.1) is 5.92 Å². The van der Waals surface area contributed by atoms with Crippen molar-refractivity contribution < 1.29 is 4.79 Å². The lowest BCUT2D eigenvalue weighted by Crippen LogP contribution is -2.39. The fourth-order valence-corrected chi connectivity index (χ4v) is 1.49. The zero-order valence-corrected chi connectivity index (χ0v) is 13.6. The van der Waals surface area contributed by atoms with Crippen LogP contribution < -0.4 is 16.4 Å². The Bertz CT molecular complexity index is 361. The Kier molecular flexibility index (Phi) is 12.6. The number of halogens is 2. The van der Waals surface area contributed by atoms with Gasteiger partial charge in [-0.15, -0.1) is 24.8 Å². The first-order chi connectivity index (χ1) is 8.61. The minimum atomic E-state index is -0.132. The number of nitrogens with one attached hydrogen (secondary N) is 2. The van der Waals surface area contributed by atoms with Gasteiger partial charge in [0.1, 0.15) is 0 Å². The van der Waals surface area contributed by atoms with Crippen molar-refractivity contribution in [2.45, 2.75) is 26.3 Å². The molecule has 2 atom stereocenters. The summed E-state index contributed by atoms with van der Waals surface area (Å²) < 4.78 is 0. The van der Waals surface area contributed by atoms with Gasteiger partial charge in [0.25, 0.3) is 0 Å². The second-order valence-electron chi connectivity index (χ2n) is 4.59. The summed E-state index contributed by atoms with van der Waals surface area (Å²) in [4.78, 5) is 11.6. The number of benzene rings is 1. The van der Waals surface area contributed by atoms with Gasteiger partial charge in [0.15, 0.2) is 0 Å². The van der Waals surface area contributed by atoms with Crippen molar-refractivity contribution in [3.63, 3.8) is 0 Å². The molecule has 0 aromatic heterocycles. The van der Waals surface area contributed by atoms with Gasteiger partial charge in [-0.05, 0) is 25.5 Å². The lowest BCUT2D eigenvalue weighted by atomic mass is 10.0. The van der Waals surface area contributed by atoms with Crippen LogP contribution in [-0.2, 0) is 4.79 Å². The molecule has 0 heterocycles. The Morgan fingerprint density at radius 2 is 1.75 bits per heavy atom. The molecule has 0 aliphatic carbocycles. The SMILES string of the molecule is CC(N)C(C)C(=O)NCCCNc1ccccc1.Cl.Cl. The molecule has 4 N–H and O–H groups in total. The number of amides is 1. The van der Waals surface area contributed by atoms with Gasteiger partial charge in [-0.25, -0.2) is 0 Å². The molecule has 6 heteroatoms. The maximum absolute atomic E-state index is 11.6. The third-order valence-electron chi connectivity index (χ3n) is 2.96. The fraction of sp³-hybridized carbons (Fsp3) is 0.500. The van der Waals surface area contributed by atoms with Crippen LogP contribution in [0.5, 0.6) is 0 Å². The first-order valence-electron chi connectivity index (χ1n) is 6.43. The number of hydrogen-bond acceptors (Lipinski definition) is 3. The number of hydrogen-bond donors (Lipinski definition) is 3. The summed E-state index contributed by atoms with van der Waals surface area (Å²) >= 11 is 0. The van der Waals surface area contributed by atoms with Crippen LogP contribution in [-0.4, -0.2) is 25.0 Å². The van der Waals surface area contributed by atoms with Gasteiger partial charge in [0, 0.05) is 30.7 Å². The van der Waals surface area contributed by atoms with Crippen LogP contribution >= 0.6 is 24.8 Å². The smallest absolute Gasteiger partial charge is 0.224 e. The van der Waals surface area contributed by atoms with Crippen LogP contribution in [0.4, 0.5) is 5.69 Å². The van der Waals surface area contributed by atoms with Gasteiger partial charge in [-0.2, -0.15) is 0 Å². The first-order valence-corrected chi connectivity index (χ1v) is 6.43. The van der Waals surface area contributed by atoms with E-state index in [0.29, 0.717) is 6.54 Å². The monoisotopic (exact) mass is 321 g/mol. The van der Waals surface area contributed by atoms with E-state index >= 15 is 0 Å². The van der Waals surface area contributed by atoms with Crippen LogP contribution in [0.3, 0.4) is 0 Å². The third-order valence-corrected chi connectivity index (χ3v) is 2.96.